The predicted octanol–water partition coefficient (Wildman–Crippen LogP) is 1.03. The van der Waals surface area contributed by atoms with E-state index in [1.165, 1.54) is 7.11 Å². The Morgan fingerprint density at radius 1 is 1.38 bits per heavy atom. The van der Waals surface area contributed by atoms with E-state index in [0.29, 0.717) is 13.0 Å². The molecule has 0 rings (SSSR count). The topological polar surface area (TPSA) is 75.6 Å². The molecule has 0 saturated heterocycles. The number of carbonyl (C=O) groups is 2. The number of nitrogens with one attached hydrogen (secondary N) is 1. The monoisotopic (exact) mass is 231 g/mol. The molecule has 1 atom stereocenters. The van der Waals surface area contributed by atoms with E-state index in [-0.39, 0.29) is 17.7 Å². The number of hydrogen-bond donors (Lipinski definition) is 2. The lowest BCUT2D eigenvalue weighted by atomic mass is 9.92. The average molecular weight is 231 g/mol. The number of hydrogen-bond acceptors (Lipinski definition) is 3. The maximum atomic E-state index is 11.5. The smallest absolute Gasteiger partial charge is 0.326 e. The minimum atomic E-state index is -1.03. The first-order chi connectivity index (χ1) is 7.26. The largest absolute Gasteiger partial charge is 0.480 e. The first-order valence-electron chi connectivity index (χ1n) is 5.27. The van der Waals surface area contributed by atoms with E-state index < -0.39 is 12.0 Å². The van der Waals surface area contributed by atoms with Crippen LogP contribution in [0.4, 0.5) is 0 Å². The molecule has 0 saturated carbocycles. The van der Waals surface area contributed by atoms with Crippen LogP contribution in [0, 0.1) is 5.41 Å². The molecule has 0 radical (unpaired) electrons. The zero-order chi connectivity index (χ0) is 12.8. The number of amides is 1. The van der Waals surface area contributed by atoms with Crippen molar-refractivity contribution in [2.45, 2.75) is 39.7 Å². The molecule has 0 aromatic carbocycles. The number of carbonyl (C=O) groups excluding carboxylic acids is 1. The van der Waals surface area contributed by atoms with Crippen LogP contribution in [0.15, 0.2) is 0 Å². The van der Waals surface area contributed by atoms with Gasteiger partial charge in [0.05, 0.1) is 0 Å². The van der Waals surface area contributed by atoms with Gasteiger partial charge in [-0.2, -0.15) is 0 Å². The number of methoxy groups -OCH3 is 1. The molecule has 5 heteroatoms. The minimum Gasteiger partial charge on any atom is -0.480 e. The molecule has 0 fully saturated rings. The van der Waals surface area contributed by atoms with Crippen molar-refractivity contribution >= 4 is 11.9 Å². The fraction of sp³-hybridized carbons (Fsp3) is 0.818. The van der Waals surface area contributed by atoms with Crippen LogP contribution in [0.5, 0.6) is 0 Å². The zero-order valence-electron chi connectivity index (χ0n) is 10.4. The van der Waals surface area contributed by atoms with Gasteiger partial charge >= 0.3 is 5.97 Å². The van der Waals surface area contributed by atoms with Gasteiger partial charge in [0.1, 0.15) is 6.04 Å². The number of ether oxygens (including phenoxy) is 1. The van der Waals surface area contributed by atoms with Gasteiger partial charge in [-0.15, -0.1) is 0 Å². The summed E-state index contributed by atoms with van der Waals surface area (Å²) in [5.41, 5.74) is -0.144. The second-order valence-electron chi connectivity index (χ2n) is 4.98. The van der Waals surface area contributed by atoms with Crippen molar-refractivity contribution in [2.24, 2.45) is 5.41 Å². The maximum Gasteiger partial charge on any atom is 0.326 e. The van der Waals surface area contributed by atoms with E-state index in [9.17, 15) is 9.59 Å². The molecule has 2 N–H and O–H groups in total. The zero-order valence-corrected chi connectivity index (χ0v) is 10.4. The lowest BCUT2D eigenvalue weighted by Gasteiger charge is -2.20. The van der Waals surface area contributed by atoms with Crippen molar-refractivity contribution in [3.63, 3.8) is 0 Å². The second kappa shape index (κ2) is 6.48. The molecule has 1 amide bonds. The Morgan fingerprint density at radius 2 is 1.94 bits per heavy atom. The van der Waals surface area contributed by atoms with Crippen LogP contribution in [0.1, 0.15) is 33.6 Å². The van der Waals surface area contributed by atoms with E-state index in [2.05, 4.69) is 5.32 Å². The Kier molecular flexibility index (Phi) is 6.03. The third-order valence-electron chi connectivity index (χ3n) is 1.93. The molecule has 94 valence electrons. The predicted molar refractivity (Wildman–Crippen MR) is 60.1 cm³/mol. The van der Waals surface area contributed by atoms with E-state index in [1.807, 2.05) is 20.8 Å². The molecule has 5 nitrogen and oxygen atoms in total. The van der Waals surface area contributed by atoms with Gasteiger partial charge in [-0.25, -0.2) is 4.79 Å². The normalized spacial score (nSPS) is 13.2. The van der Waals surface area contributed by atoms with Crippen LogP contribution in [0.3, 0.4) is 0 Å². The van der Waals surface area contributed by atoms with Crippen molar-refractivity contribution in [3.8, 4) is 0 Å². The summed E-state index contributed by atoms with van der Waals surface area (Å²) < 4.78 is 4.79. The lowest BCUT2D eigenvalue weighted by molar-refractivity contribution is -0.142. The minimum absolute atomic E-state index is 0.144. The Bertz CT molecular complexity index is 245. The molecule has 0 aliphatic carbocycles. The number of aliphatic carboxylic acids is 1. The molecule has 1 unspecified atom stereocenters. The number of carboxylic acid groups (broad SMARTS) is 1. The third-order valence-corrected chi connectivity index (χ3v) is 1.93. The molecule has 0 spiro atoms. The highest BCUT2D eigenvalue weighted by atomic mass is 16.5. The lowest BCUT2D eigenvalue weighted by Crippen LogP contribution is -2.42. The first kappa shape index (κ1) is 14.9. The average Bonchev–Trinajstić information content (AvgIpc) is 2.08. The van der Waals surface area contributed by atoms with Crippen LogP contribution in [-0.2, 0) is 14.3 Å². The molecule has 0 bridgehead atoms. The van der Waals surface area contributed by atoms with Gasteiger partial charge in [0.2, 0.25) is 5.91 Å². The Hall–Kier alpha value is -1.10. The third kappa shape index (κ3) is 7.23. The van der Waals surface area contributed by atoms with Gasteiger partial charge < -0.3 is 15.2 Å². The molecule has 0 aliphatic heterocycles. The quantitative estimate of drug-likeness (QED) is 0.716. The van der Waals surface area contributed by atoms with Gasteiger partial charge in [0.15, 0.2) is 0 Å². The fourth-order valence-electron chi connectivity index (χ4n) is 1.22. The van der Waals surface area contributed by atoms with Gasteiger partial charge in [0, 0.05) is 26.6 Å². The van der Waals surface area contributed by atoms with Crippen molar-refractivity contribution in [3.05, 3.63) is 0 Å². The van der Waals surface area contributed by atoms with Gasteiger partial charge in [0.25, 0.3) is 0 Å². The van der Waals surface area contributed by atoms with Crippen LogP contribution in [-0.4, -0.2) is 36.7 Å². The van der Waals surface area contributed by atoms with E-state index >= 15 is 0 Å². The molecular formula is C11H21NO4. The highest BCUT2D eigenvalue weighted by Gasteiger charge is 2.22. The summed E-state index contributed by atoms with van der Waals surface area (Å²) in [6.45, 7) is 6.10. The Balaban J connectivity index is 4.19. The van der Waals surface area contributed by atoms with Crippen LogP contribution >= 0.6 is 0 Å². The van der Waals surface area contributed by atoms with Gasteiger partial charge in [-0.05, 0) is 5.41 Å². The molecule has 0 aliphatic rings. The standard InChI is InChI=1S/C11H21NO4/c1-11(2,3)7-9(13)12-8(10(14)15)5-6-16-4/h8H,5-7H2,1-4H3,(H,12,13)(H,14,15). The van der Waals surface area contributed by atoms with E-state index in [4.69, 9.17) is 9.84 Å². The highest BCUT2D eigenvalue weighted by molar-refractivity contribution is 5.83. The summed E-state index contributed by atoms with van der Waals surface area (Å²) in [5, 5.41) is 11.4. The van der Waals surface area contributed by atoms with Crippen LogP contribution in [0.2, 0.25) is 0 Å². The molecular weight excluding hydrogens is 210 g/mol. The maximum absolute atomic E-state index is 11.5. The SMILES string of the molecule is COCCC(NC(=O)CC(C)(C)C)C(=O)O. The van der Waals surface area contributed by atoms with Crippen molar-refractivity contribution < 1.29 is 19.4 Å². The summed E-state index contributed by atoms with van der Waals surface area (Å²) in [6, 6.07) is -0.866. The molecule has 0 aromatic rings. The second-order valence-corrected chi connectivity index (χ2v) is 4.98. The van der Waals surface area contributed by atoms with Crippen LogP contribution < -0.4 is 5.32 Å². The van der Waals surface area contributed by atoms with Crippen molar-refractivity contribution in [1.82, 2.24) is 5.32 Å². The first-order valence-corrected chi connectivity index (χ1v) is 5.27. The molecule has 0 aromatic heterocycles. The molecule has 0 heterocycles. The summed E-state index contributed by atoms with van der Waals surface area (Å²) in [5.74, 6) is -1.27. The molecule has 16 heavy (non-hydrogen) atoms. The summed E-state index contributed by atoms with van der Waals surface area (Å²) in [4.78, 5) is 22.4. The summed E-state index contributed by atoms with van der Waals surface area (Å²) >= 11 is 0. The Morgan fingerprint density at radius 3 is 2.31 bits per heavy atom. The highest BCUT2D eigenvalue weighted by Crippen LogP contribution is 2.18. The number of carboxylic acids is 1. The summed E-state index contributed by atoms with van der Waals surface area (Å²) in [6.07, 6.45) is 0.589. The number of rotatable bonds is 6. The fourth-order valence-corrected chi connectivity index (χ4v) is 1.22. The van der Waals surface area contributed by atoms with Crippen LogP contribution in [0.25, 0.3) is 0 Å². The summed E-state index contributed by atoms with van der Waals surface area (Å²) in [7, 11) is 1.50. The van der Waals surface area contributed by atoms with E-state index in [1.54, 1.807) is 0 Å². The Labute approximate surface area is 96.2 Å². The van der Waals surface area contributed by atoms with Crippen molar-refractivity contribution in [1.29, 1.82) is 0 Å². The van der Waals surface area contributed by atoms with Gasteiger partial charge in [-0.3, -0.25) is 4.79 Å². The van der Waals surface area contributed by atoms with E-state index in [0.717, 1.165) is 0 Å². The van der Waals surface area contributed by atoms with Gasteiger partial charge in [-0.1, -0.05) is 20.8 Å². The van der Waals surface area contributed by atoms with Crippen molar-refractivity contribution in [2.75, 3.05) is 13.7 Å².